The number of hydrogen-bond acceptors (Lipinski definition) is 2. The Morgan fingerprint density at radius 1 is 1.40 bits per heavy atom. The molecule has 0 saturated carbocycles. The van der Waals surface area contributed by atoms with Gasteiger partial charge in [0.2, 0.25) is 5.56 Å². The third-order valence-electron chi connectivity index (χ3n) is 4.84. The molecule has 1 N–H and O–H groups in total. The van der Waals surface area contributed by atoms with Crippen molar-refractivity contribution in [2.75, 3.05) is 14.1 Å². The summed E-state index contributed by atoms with van der Waals surface area (Å²) in [5.74, 6) is 0.404. The number of nitrogens with zero attached hydrogens (tertiary/aromatic N) is 1. The second-order valence-electron chi connectivity index (χ2n) is 6.21. The molecule has 0 spiro atoms. The van der Waals surface area contributed by atoms with Gasteiger partial charge in [-0.25, -0.2) is 0 Å². The van der Waals surface area contributed by atoms with Gasteiger partial charge in [-0.05, 0) is 58.0 Å². The molecule has 1 heterocycles. The molecule has 3 rings (SSSR count). The van der Waals surface area contributed by atoms with Gasteiger partial charge in [0.15, 0.2) is 0 Å². The highest BCUT2D eigenvalue weighted by Gasteiger charge is 2.48. The van der Waals surface area contributed by atoms with Gasteiger partial charge in [-0.1, -0.05) is 17.7 Å². The van der Waals surface area contributed by atoms with Crippen molar-refractivity contribution in [2.45, 2.75) is 32.2 Å². The van der Waals surface area contributed by atoms with Crippen LogP contribution in [0.4, 0.5) is 0 Å². The van der Waals surface area contributed by atoms with Crippen molar-refractivity contribution in [1.29, 1.82) is 0 Å². The van der Waals surface area contributed by atoms with Crippen molar-refractivity contribution in [3.63, 3.8) is 0 Å². The largest absolute Gasteiger partial charge is 0.326 e. The maximum absolute atomic E-state index is 11.7. The van der Waals surface area contributed by atoms with E-state index in [-0.39, 0.29) is 11.1 Å². The molecule has 0 fully saturated rings. The SMILES string of the molecule is C/C=C1\C2C=C(C)CC1(N(C)C)c1ccc(=O)[nH]c1C2. The van der Waals surface area contributed by atoms with Crippen LogP contribution in [0.25, 0.3) is 0 Å². The molecule has 2 bridgehead atoms. The minimum Gasteiger partial charge on any atom is -0.326 e. The van der Waals surface area contributed by atoms with Crippen molar-refractivity contribution in [2.24, 2.45) is 5.92 Å². The summed E-state index contributed by atoms with van der Waals surface area (Å²) in [6, 6.07) is 3.68. The summed E-state index contributed by atoms with van der Waals surface area (Å²) in [5.41, 5.74) is 5.17. The summed E-state index contributed by atoms with van der Waals surface area (Å²) in [5, 5.41) is 0. The predicted molar refractivity (Wildman–Crippen MR) is 81.8 cm³/mol. The Morgan fingerprint density at radius 3 is 2.80 bits per heavy atom. The second kappa shape index (κ2) is 4.45. The fourth-order valence-corrected chi connectivity index (χ4v) is 4.12. The fraction of sp³-hybridized carbons (Fsp3) is 0.471. The van der Waals surface area contributed by atoms with E-state index in [1.54, 1.807) is 6.07 Å². The number of rotatable bonds is 1. The van der Waals surface area contributed by atoms with E-state index >= 15 is 0 Å². The third-order valence-corrected chi connectivity index (χ3v) is 4.84. The maximum atomic E-state index is 11.7. The first-order valence-corrected chi connectivity index (χ1v) is 7.23. The van der Waals surface area contributed by atoms with Gasteiger partial charge in [0.05, 0.1) is 5.54 Å². The molecule has 106 valence electrons. The Bertz CT molecular complexity index is 666. The lowest BCUT2D eigenvalue weighted by atomic mass is 9.62. The van der Waals surface area contributed by atoms with Crippen molar-refractivity contribution in [1.82, 2.24) is 9.88 Å². The molecule has 2 atom stereocenters. The molecular formula is C17H22N2O. The minimum atomic E-state index is -0.101. The van der Waals surface area contributed by atoms with Crippen LogP contribution in [0, 0.1) is 5.92 Å². The first kappa shape index (κ1) is 13.4. The van der Waals surface area contributed by atoms with Gasteiger partial charge in [0, 0.05) is 17.7 Å². The van der Waals surface area contributed by atoms with Gasteiger partial charge in [-0.3, -0.25) is 9.69 Å². The number of aromatic nitrogens is 1. The van der Waals surface area contributed by atoms with Crippen LogP contribution in [0.5, 0.6) is 0 Å². The number of H-pyrrole nitrogens is 1. The molecule has 1 aromatic rings. The topological polar surface area (TPSA) is 36.1 Å². The summed E-state index contributed by atoms with van der Waals surface area (Å²) in [7, 11) is 4.28. The van der Waals surface area contributed by atoms with Crippen molar-refractivity contribution in [3.8, 4) is 0 Å². The predicted octanol–water partition coefficient (Wildman–Crippen LogP) is 2.60. The molecule has 20 heavy (non-hydrogen) atoms. The first-order valence-electron chi connectivity index (χ1n) is 7.23. The Hall–Kier alpha value is -1.61. The lowest BCUT2D eigenvalue weighted by Crippen LogP contribution is -2.50. The van der Waals surface area contributed by atoms with Crippen LogP contribution in [-0.2, 0) is 12.0 Å². The van der Waals surface area contributed by atoms with Crippen LogP contribution in [0.2, 0.25) is 0 Å². The highest BCUT2D eigenvalue weighted by atomic mass is 16.1. The lowest BCUT2D eigenvalue weighted by Gasteiger charge is -2.51. The maximum Gasteiger partial charge on any atom is 0.248 e. The van der Waals surface area contributed by atoms with Crippen LogP contribution in [0.3, 0.4) is 0 Å². The average Bonchev–Trinajstić information content (AvgIpc) is 2.36. The number of likely N-dealkylation sites (N-methyl/N-ethyl adjacent to an activating group) is 1. The molecule has 0 aromatic carbocycles. The summed E-state index contributed by atoms with van der Waals surface area (Å²) in [6.07, 6.45) is 6.53. The molecule has 3 heteroatoms. The van der Waals surface area contributed by atoms with Gasteiger partial charge >= 0.3 is 0 Å². The van der Waals surface area contributed by atoms with Gasteiger partial charge in [0.25, 0.3) is 0 Å². The standard InChI is InChI=1S/C17H22N2O/c1-5-13-12-8-11(2)10-17(13,19(3)4)14-6-7-16(20)18-15(14)9-12/h5-8,12H,9-10H2,1-4H3,(H,18,20)/b13-5+. The van der Waals surface area contributed by atoms with Gasteiger partial charge < -0.3 is 4.98 Å². The van der Waals surface area contributed by atoms with Gasteiger partial charge in [-0.2, -0.15) is 0 Å². The molecule has 1 aromatic heterocycles. The average molecular weight is 270 g/mol. The number of pyridine rings is 1. The van der Waals surface area contributed by atoms with Crippen molar-refractivity contribution < 1.29 is 0 Å². The normalized spacial score (nSPS) is 30.4. The molecule has 3 nitrogen and oxygen atoms in total. The second-order valence-corrected chi connectivity index (χ2v) is 6.21. The quantitative estimate of drug-likeness (QED) is 0.796. The van der Waals surface area contributed by atoms with E-state index in [0.29, 0.717) is 5.92 Å². The van der Waals surface area contributed by atoms with Crippen molar-refractivity contribution in [3.05, 3.63) is 57.0 Å². The summed E-state index contributed by atoms with van der Waals surface area (Å²) in [6.45, 7) is 4.35. The smallest absolute Gasteiger partial charge is 0.248 e. The summed E-state index contributed by atoms with van der Waals surface area (Å²) >= 11 is 0. The van der Waals surface area contributed by atoms with Crippen LogP contribution < -0.4 is 5.56 Å². The number of hydrogen-bond donors (Lipinski definition) is 1. The highest BCUT2D eigenvalue weighted by molar-refractivity contribution is 5.49. The monoisotopic (exact) mass is 270 g/mol. The van der Waals surface area contributed by atoms with Crippen LogP contribution >= 0.6 is 0 Å². The van der Waals surface area contributed by atoms with E-state index < -0.39 is 0 Å². The fourth-order valence-electron chi connectivity index (χ4n) is 4.12. The van der Waals surface area contributed by atoms with Gasteiger partial charge in [0.1, 0.15) is 0 Å². The van der Waals surface area contributed by atoms with E-state index in [9.17, 15) is 4.79 Å². The number of nitrogens with one attached hydrogen (secondary N) is 1. The molecule has 2 aliphatic rings. The van der Waals surface area contributed by atoms with E-state index in [0.717, 1.165) is 18.5 Å². The molecule has 0 amide bonds. The molecule has 2 aliphatic carbocycles. The molecule has 2 unspecified atom stereocenters. The molecule has 0 aliphatic heterocycles. The minimum absolute atomic E-state index is 0.000333. The van der Waals surface area contributed by atoms with Crippen molar-refractivity contribution >= 4 is 0 Å². The Morgan fingerprint density at radius 2 is 2.15 bits per heavy atom. The highest BCUT2D eigenvalue weighted by Crippen LogP contribution is 2.51. The number of aromatic amines is 1. The Kier molecular flexibility index (Phi) is 2.98. The zero-order chi connectivity index (χ0) is 14.5. The third kappa shape index (κ3) is 1.66. The van der Waals surface area contributed by atoms with Crippen LogP contribution in [-0.4, -0.2) is 24.0 Å². The Balaban J connectivity index is 2.34. The van der Waals surface area contributed by atoms with Crippen LogP contribution in [0.1, 0.15) is 31.5 Å². The number of fused-ring (bicyclic) bond motifs is 4. The molecule has 0 saturated heterocycles. The van der Waals surface area contributed by atoms with Gasteiger partial charge in [-0.15, -0.1) is 0 Å². The zero-order valence-electron chi connectivity index (χ0n) is 12.7. The molecular weight excluding hydrogens is 248 g/mol. The van der Waals surface area contributed by atoms with Crippen LogP contribution in [0.15, 0.2) is 40.2 Å². The van der Waals surface area contributed by atoms with E-state index in [1.807, 2.05) is 6.07 Å². The Labute approximate surface area is 120 Å². The van der Waals surface area contributed by atoms with E-state index in [2.05, 4.69) is 50.0 Å². The summed E-state index contributed by atoms with van der Waals surface area (Å²) < 4.78 is 0. The first-order chi connectivity index (χ1) is 9.49. The van der Waals surface area contributed by atoms with E-state index in [1.165, 1.54) is 16.7 Å². The number of allylic oxidation sites excluding steroid dienone is 2. The lowest BCUT2D eigenvalue weighted by molar-refractivity contribution is 0.162. The molecule has 0 radical (unpaired) electrons. The van der Waals surface area contributed by atoms with E-state index in [4.69, 9.17) is 0 Å². The summed E-state index contributed by atoms with van der Waals surface area (Å²) in [4.78, 5) is 17.0. The zero-order valence-corrected chi connectivity index (χ0v) is 12.7.